The van der Waals surface area contributed by atoms with Crippen molar-refractivity contribution in [3.63, 3.8) is 0 Å². The Bertz CT molecular complexity index is 1460. The van der Waals surface area contributed by atoms with E-state index in [9.17, 15) is 14.7 Å². The number of carboxylic acids is 1. The van der Waals surface area contributed by atoms with Crippen LogP contribution in [0.15, 0.2) is 72.9 Å². The number of carbonyl (C=O) groups excluding carboxylic acids is 1. The van der Waals surface area contributed by atoms with Gasteiger partial charge in [-0.1, -0.05) is 60.1 Å². The van der Waals surface area contributed by atoms with Crippen molar-refractivity contribution >= 4 is 65.4 Å². The van der Waals surface area contributed by atoms with E-state index in [-0.39, 0.29) is 18.9 Å². The first-order valence-electron chi connectivity index (χ1n) is 12.4. The number of nitrogens with zero attached hydrogens (tertiary/aromatic N) is 1. The van der Waals surface area contributed by atoms with E-state index in [1.54, 1.807) is 24.0 Å². The van der Waals surface area contributed by atoms with Gasteiger partial charge < -0.3 is 15.2 Å². The second kappa shape index (κ2) is 15.4. The number of carbonyl (C=O) groups is 2. The summed E-state index contributed by atoms with van der Waals surface area (Å²) in [6.07, 6.45) is 4.06. The number of halogens is 1. The summed E-state index contributed by atoms with van der Waals surface area (Å²) >= 11 is 9.38. The number of hydrogen-bond donors (Lipinski definition) is 2. The number of benzene rings is 3. The molecule has 40 heavy (non-hydrogen) atoms. The first-order valence-corrected chi connectivity index (χ1v) is 14.9. The quantitative estimate of drug-likeness (QED) is 0.185. The molecule has 1 heterocycles. The summed E-state index contributed by atoms with van der Waals surface area (Å²) in [5.74, 6) is -0.815. The van der Waals surface area contributed by atoms with E-state index >= 15 is 0 Å². The van der Waals surface area contributed by atoms with Gasteiger partial charge >= 0.3 is 24.8 Å². The first kappa shape index (κ1) is 31.9. The number of aryl methyl sites for hydroxylation is 1. The first-order chi connectivity index (χ1) is 18.9. The van der Waals surface area contributed by atoms with Gasteiger partial charge in [-0.25, -0.2) is 9.78 Å². The minimum atomic E-state index is -1.04. The molecule has 0 aliphatic heterocycles. The predicted molar refractivity (Wildman–Crippen MR) is 167 cm³/mol. The van der Waals surface area contributed by atoms with Gasteiger partial charge in [0.15, 0.2) is 0 Å². The fraction of sp³-hybridized carbons (Fsp3) is 0.233. The van der Waals surface area contributed by atoms with Crippen molar-refractivity contribution in [3.05, 3.63) is 99.5 Å². The molecule has 0 bridgehead atoms. The summed E-state index contributed by atoms with van der Waals surface area (Å²) in [6, 6.07) is 20.0. The Balaban J connectivity index is 0.00000441. The van der Waals surface area contributed by atoms with Crippen LogP contribution in [-0.2, 0) is 22.7 Å². The molecule has 1 aromatic heterocycles. The van der Waals surface area contributed by atoms with Crippen LogP contribution in [0.2, 0.25) is 5.02 Å². The Morgan fingerprint density at radius 1 is 1.05 bits per heavy atom. The van der Waals surface area contributed by atoms with Crippen LogP contribution in [-0.4, -0.2) is 58.9 Å². The standard InChI is InChI=1S/C30H29ClN2O4S2.Li.H/c1-19-7-3-4-8-22(19)25-15-20(11-12-23(25)28(34)33-27(30(35)36)13-14-38-2)17-37-18-21-16-32-29(39-21)24-9-5-6-10-26(24)31;;/h3-12,15-16,27H,13-14,17-18H2,1-2H3,(H,33,34)(H,35,36);;/t27-;;/m0../s1. The second-order valence-electron chi connectivity index (χ2n) is 8.94. The van der Waals surface area contributed by atoms with E-state index in [0.29, 0.717) is 36.0 Å². The molecule has 3 aromatic carbocycles. The van der Waals surface area contributed by atoms with Crippen molar-refractivity contribution in [1.82, 2.24) is 10.3 Å². The van der Waals surface area contributed by atoms with Crippen LogP contribution in [0.5, 0.6) is 0 Å². The number of amides is 1. The zero-order chi connectivity index (χ0) is 27.8. The maximum atomic E-state index is 13.3. The molecule has 204 valence electrons. The second-order valence-corrected chi connectivity index (χ2v) is 11.5. The third kappa shape index (κ3) is 8.23. The van der Waals surface area contributed by atoms with E-state index in [1.165, 1.54) is 11.3 Å². The topological polar surface area (TPSA) is 88.5 Å². The minimum absolute atomic E-state index is 0. The van der Waals surface area contributed by atoms with E-state index in [0.717, 1.165) is 37.7 Å². The average molecular weight is 589 g/mol. The summed E-state index contributed by atoms with van der Waals surface area (Å²) in [5.41, 5.74) is 4.88. The van der Waals surface area contributed by atoms with Crippen molar-refractivity contribution in [1.29, 1.82) is 0 Å². The van der Waals surface area contributed by atoms with Crippen molar-refractivity contribution in [2.45, 2.75) is 32.6 Å². The van der Waals surface area contributed by atoms with Gasteiger partial charge in [-0.05, 0) is 65.8 Å². The number of carboxylic acid groups (broad SMARTS) is 1. The normalized spacial score (nSPS) is 11.5. The molecule has 10 heteroatoms. The van der Waals surface area contributed by atoms with Crippen molar-refractivity contribution < 1.29 is 19.4 Å². The van der Waals surface area contributed by atoms with Gasteiger partial charge in [0.1, 0.15) is 11.0 Å². The van der Waals surface area contributed by atoms with Crippen LogP contribution >= 0.6 is 34.7 Å². The fourth-order valence-electron chi connectivity index (χ4n) is 4.11. The van der Waals surface area contributed by atoms with Crippen molar-refractivity contribution in [3.8, 4) is 21.7 Å². The molecule has 6 nitrogen and oxygen atoms in total. The fourth-order valence-corrected chi connectivity index (χ4v) is 5.75. The number of hydrogen-bond acceptors (Lipinski definition) is 6. The Kier molecular flexibility index (Phi) is 12.3. The third-order valence-corrected chi connectivity index (χ3v) is 8.13. The van der Waals surface area contributed by atoms with Crippen LogP contribution in [0.1, 0.15) is 32.8 Å². The summed E-state index contributed by atoms with van der Waals surface area (Å²) < 4.78 is 6.00. The SMILES string of the molecule is CSCC[C@H](NC(=O)c1ccc(COCc2cnc(-c3ccccc3Cl)s2)cc1-c1ccccc1C)C(=O)O.[LiH]. The van der Waals surface area contributed by atoms with E-state index in [1.807, 2.05) is 73.8 Å². The zero-order valence-corrected chi connectivity index (χ0v) is 24.0. The van der Waals surface area contributed by atoms with E-state index < -0.39 is 17.9 Å². The van der Waals surface area contributed by atoms with Gasteiger partial charge in [0.2, 0.25) is 0 Å². The van der Waals surface area contributed by atoms with Crippen LogP contribution in [0.3, 0.4) is 0 Å². The van der Waals surface area contributed by atoms with Crippen LogP contribution in [0.25, 0.3) is 21.7 Å². The molecule has 0 saturated heterocycles. The van der Waals surface area contributed by atoms with Crippen LogP contribution in [0.4, 0.5) is 0 Å². The molecular weight excluding hydrogens is 559 g/mol. The molecule has 1 atom stereocenters. The number of rotatable bonds is 12. The molecule has 0 aliphatic carbocycles. The number of ether oxygens (including phenoxy) is 1. The molecule has 2 N–H and O–H groups in total. The number of aliphatic carboxylic acids is 1. The molecule has 0 spiro atoms. The molecule has 1 amide bonds. The van der Waals surface area contributed by atoms with Gasteiger partial charge in [0.05, 0.1) is 23.1 Å². The Labute approximate surface area is 259 Å². The Morgan fingerprint density at radius 3 is 2.48 bits per heavy atom. The van der Waals surface area contributed by atoms with E-state index in [4.69, 9.17) is 16.3 Å². The predicted octanol–water partition coefficient (Wildman–Crippen LogP) is 6.44. The summed E-state index contributed by atoms with van der Waals surface area (Å²) in [5, 5.41) is 13.8. The van der Waals surface area contributed by atoms with E-state index in [2.05, 4.69) is 10.3 Å². The molecule has 4 aromatic rings. The monoisotopic (exact) mass is 588 g/mol. The summed E-state index contributed by atoms with van der Waals surface area (Å²) in [7, 11) is 0. The van der Waals surface area contributed by atoms with Gasteiger partial charge in [-0.3, -0.25) is 4.79 Å². The average Bonchev–Trinajstić information content (AvgIpc) is 3.40. The molecule has 0 fully saturated rings. The van der Waals surface area contributed by atoms with Gasteiger partial charge in [-0.2, -0.15) is 11.8 Å². The molecule has 0 unspecified atom stereocenters. The summed E-state index contributed by atoms with van der Waals surface area (Å²) in [4.78, 5) is 30.4. The Hall–Kier alpha value is -2.57. The molecular formula is C30H30ClLiN2O4S2. The number of thioether (sulfide) groups is 1. The molecule has 0 aliphatic rings. The van der Waals surface area contributed by atoms with Crippen LogP contribution in [0, 0.1) is 6.92 Å². The summed E-state index contributed by atoms with van der Waals surface area (Å²) in [6.45, 7) is 2.71. The van der Waals surface area contributed by atoms with Crippen molar-refractivity contribution in [2.75, 3.05) is 12.0 Å². The van der Waals surface area contributed by atoms with Gasteiger partial charge in [-0.15, -0.1) is 11.3 Å². The number of thiazole rings is 1. The van der Waals surface area contributed by atoms with Gasteiger partial charge in [0, 0.05) is 17.3 Å². The maximum absolute atomic E-state index is 13.3. The number of nitrogens with one attached hydrogen (secondary N) is 1. The third-order valence-electron chi connectivity index (χ3n) is 6.15. The van der Waals surface area contributed by atoms with Crippen molar-refractivity contribution in [2.24, 2.45) is 0 Å². The zero-order valence-electron chi connectivity index (χ0n) is 21.6. The number of aromatic nitrogens is 1. The molecule has 0 radical (unpaired) electrons. The molecule has 0 saturated carbocycles. The van der Waals surface area contributed by atoms with Gasteiger partial charge in [0.25, 0.3) is 5.91 Å². The van der Waals surface area contributed by atoms with Crippen LogP contribution < -0.4 is 5.32 Å². The molecule has 4 rings (SSSR count). The Morgan fingerprint density at radius 2 is 1.77 bits per heavy atom.